The van der Waals surface area contributed by atoms with E-state index in [0.29, 0.717) is 17.8 Å². The summed E-state index contributed by atoms with van der Waals surface area (Å²) in [5.74, 6) is -0.573. The number of hydrogen-bond donors (Lipinski definition) is 1. The number of carbonyl (C=O) groups excluding carboxylic acids is 2. The van der Waals surface area contributed by atoms with Crippen molar-refractivity contribution in [3.8, 4) is 0 Å². The van der Waals surface area contributed by atoms with Crippen LogP contribution in [0.4, 0.5) is 15.8 Å². The molecule has 1 heterocycles. The van der Waals surface area contributed by atoms with Gasteiger partial charge in [-0.05, 0) is 48.2 Å². The van der Waals surface area contributed by atoms with Crippen LogP contribution in [-0.4, -0.2) is 18.4 Å². The lowest BCUT2D eigenvalue weighted by Crippen LogP contribution is -2.33. The highest BCUT2D eigenvalue weighted by atomic mass is 19.1. The average Bonchev–Trinajstić information content (AvgIpc) is 2.54. The molecule has 1 N–H and O–H groups in total. The van der Waals surface area contributed by atoms with Gasteiger partial charge in [-0.15, -0.1) is 0 Å². The van der Waals surface area contributed by atoms with E-state index in [4.69, 9.17) is 0 Å². The van der Waals surface area contributed by atoms with Crippen LogP contribution in [0.15, 0.2) is 42.5 Å². The molecule has 24 heavy (non-hydrogen) atoms. The zero-order chi connectivity index (χ0) is 17.1. The Hall–Kier alpha value is -2.69. The topological polar surface area (TPSA) is 49.4 Å². The van der Waals surface area contributed by atoms with E-state index in [1.54, 1.807) is 24.0 Å². The number of rotatable bonds is 3. The monoisotopic (exact) mass is 326 g/mol. The van der Waals surface area contributed by atoms with Crippen molar-refractivity contribution >= 4 is 23.2 Å². The smallest absolute Gasteiger partial charge is 0.228 e. The quantitative estimate of drug-likeness (QED) is 0.941. The minimum atomic E-state index is -0.355. The van der Waals surface area contributed by atoms with Crippen LogP contribution in [0.3, 0.4) is 0 Å². The summed E-state index contributed by atoms with van der Waals surface area (Å²) in [6.07, 6.45) is 1.97. The molecule has 0 aliphatic carbocycles. The Balaban J connectivity index is 1.75. The normalized spacial score (nSPS) is 13.3. The van der Waals surface area contributed by atoms with Crippen LogP contribution in [-0.2, 0) is 22.4 Å². The molecule has 0 spiro atoms. The van der Waals surface area contributed by atoms with Gasteiger partial charge in [-0.25, -0.2) is 4.39 Å². The third-order valence-corrected chi connectivity index (χ3v) is 4.12. The maximum absolute atomic E-state index is 13.2. The van der Waals surface area contributed by atoms with Gasteiger partial charge in [-0.3, -0.25) is 9.59 Å². The van der Waals surface area contributed by atoms with E-state index >= 15 is 0 Å². The molecule has 1 aliphatic heterocycles. The van der Waals surface area contributed by atoms with Gasteiger partial charge in [-0.1, -0.05) is 18.2 Å². The van der Waals surface area contributed by atoms with Crippen molar-refractivity contribution in [2.75, 3.05) is 16.8 Å². The molecule has 0 atom stereocenters. The van der Waals surface area contributed by atoms with E-state index in [2.05, 4.69) is 5.32 Å². The lowest BCUT2D eigenvalue weighted by Gasteiger charge is -2.29. The molecule has 0 unspecified atom stereocenters. The molecule has 0 saturated carbocycles. The zero-order valence-corrected chi connectivity index (χ0v) is 13.5. The molecule has 2 amide bonds. The molecule has 1 aliphatic rings. The molecule has 0 saturated heterocycles. The zero-order valence-electron chi connectivity index (χ0n) is 13.5. The van der Waals surface area contributed by atoms with Gasteiger partial charge in [0.15, 0.2) is 0 Å². The molecule has 3 rings (SSSR count). The first-order valence-corrected chi connectivity index (χ1v) is 7.98. The van der Waals surface area contributed by atoms with Crippen molar-refractivity contribution in [3.05, 3.63) is 59.4 Å². The van der Waals surface area contributed by atoms with Gasteiger partial charge in [0.2, 0.25) is 11.8 Å². The first kappa shape index (κ1) is 16.2. The predicted octanol–water partition coefficient (Wildman–Crippen LogP) is 3.31. The van der Waals surface area contributed by atoms with Gasteiger partial charge in [0.05, 0.1) is 6.42 Å². The highest BCUT2D eigenvalue weighted by Crippen LogP contribution is 2.30. The van der Waals surface area contributed by atoms with Crippen molar-refractivity contribution < 1.29 is 14.0 Å². The lowest BCUT2D eigenvalue weighted by atomic mass is 10.0. The number of carbonyl (C=O) groups is 2. The predicted molar refractivity (Wildman–Crippen MR) is 91.5 cm³/mol. The molecule has 5 heteroatoms. The third-order valence-electron chi connectivity index (χ3n) is 4.12. The van der Waals surface area contributed by atoms with Gasteiger partial charge >= 0.3 is 0 Å². The number of nitrogens with zero attached hydrogens (tertiary/aromatic N) is 1. The summed E-state index contributed by atoms with van der Waals surface area (Å²) < 4.78 is 13.2. The van der Waals surface area contributed by atoms with Crippen molar-refractivity contribution in [3.63, 3.8) is 0 Å². The standard InChI is InChI=1S/C19H19FN2O2/c1-13(23)22-9-3-5-15-7-8-17(12-18(15)22)21-19(24)11-14-4-2-6-16(20)10-14/h2,4,6-8,10,12H,3,5,9,11H2,1H3,(H,21,24). The fraction of sp³-hybridized carbons (Fsp3) is 0.263. The minimum absolute atomic E-state index is 0.000753. The van der Waals surface area contributed by atoms with E-state index in [1.165, 1.54) is 12.1 Å². The Morgan fingerprint density at radius 2 is 2.04 bits per heavy atom. The fourth-order valence-corrected chi connectivity index (χ4v) is 3.02. The van der Waals surface area contributed by atoms with Crippen molar-refractivity contribution in [2.45, 2.75) is 26.2 Å². The first-order chi connectivity index (χ1) is 11.5. The maximum atomic E-state index is 13.2. The molecule has 124 valence electrons. The van der Waals surface area contributed by atoms with Crippen LogP contribution >= 0.6 is 0 Å². The molecule has 2 aromatic rings. The summed E-state index contributed by atoms with van der Waals surface area (Å²) in [6, 6.07) is 11.6. The summed E-state index contributed by atoms with van der Waals surface area (Å²) in [4.78, 5) is 25.7. The maximum Gasteiger partial charge on any atom is 0.228 e. The Labute approximate surface area is 140 Å². The van der Waals surface area contributed by atoms with Crippen LogP contribution in [0.5, 0.6) is 0 Å². The second-order valence-electron chi connectivity index (χ2n) is 5.97. The van der Waals surface area contributed by atoms with Crippen LogP contribution in [0.1, 0.15) is 24.5 Å². The molecule has 2 aromatic carbocycles. The molecular formula is C19H19FN2O2. The largest absolute Gasteiger partial charge is 0.326 e. The van der Waals surface area contributed by atoms with Crippen molar-refractivity contribution in [1.82, 2.24) is 0 Å². The number of halogens is 1. The minimum Gasteiger partial charge on any atom is -0.326 e. The summed E-state index contributed by atoms with van der Waals surface area (Å²) in [5.41, 5.74) is 3.23. The Kier molecular flexibility index (Phi) is 4.60. The number of aryl methyl sites for hydroxylation is 1. The van der Waals surface area contributed by atoms with Gasteiger partial charge in [0, 0.05) is 24.8 Å². The Morgan fingerprint density at radius 3 is 2.79 bits per heavy atom. The molecule has 0 aromatic heterocycles. The van der Waals surface area contributed by atoms with Crippen LogP contribution in [0, 0.1) is 5.82 Å². The lowest BCUT2D eigenvalue weighted by molar-refractivity contribution is -0.117. The molecule has 0 bridgehead atoms. The number of hydrogen-bond acceptors (Lipinski definition) is 2. The highest BCUT2D eigenvalue weighted by Gasteiger charge is 2.20. The summed E-state index contributed by atoms with van der Waals surface area (Å²) in [7, 11) is 0. The number of anilines is 2. The average molecular weight is 326 g/mol. The number of nitrogens with one attached hydrogen (secondary N) is 1. The van der Waals surface area contributed by atoms with Crippen LogP contribution in [0.2, 0.25) is 0 Å². The number of benzene rings is 2. The number of fused-ring (bicyclic) bond motifs is 1. The SMILES string of the molecule is CC(=O)N1CCCc2ccc(NC(=O)Cc3cccc(F)c3)cc21. The van der Waals surface area contributed by atoms with Crippen LogP contribution < -0.4 is 10.2 Å². The summed E-state index contributed by atoms with van der Waals surface area (Å²) in [6.45, 7) is 2.24. The molecule has 0 fully saturated rings. The second kappa shape index (κ2) is 6.83. The van der Waals surface area contributed by atoms with Gasteiger partial charge in [0.1, 0.15) is 5.82 Å². The number of amides is 2. The van der Waals surface area contributed by atoms with E-state index in [1.807, 2.05) is 18.2 Å². The van der Waals surface area contributed by atoms with Crippen LogP contribution in [0.25, 0.3) is 0 Å². The van der Waals surface area contributed by atoms with E-state index in [9.17, 15) is 14.0 Å². The van der Waals surface area contributed by atoms with E-state index < -0.39 is 0 Å². The van der Waals surface area contributed by atoms with Gasteiger partial charge < -0.3 is 10.2 Å². The van der Waals surface area contributed by atoms with E-state index in [-0.39, 0.29) is 24.1 Å². The van der Waals surface area contributed by atoms with Crippen molar-refractivity contribution in [1.29, 1.82) is 0 Å². The molecule has 4 nitrogen and oxygen atoms in total. The Bertz CT molecular complexity index is 789. The third kappa shape index (κ3) is 3.62. The highest BCUT2D eigenvalue weighted by molar-refractivity contribution is 5.96. The van der Waals surface area contributed by atoms with Crippen molar-refractivity contribution in [2.24, 2.45) is 0 Å². The molecular weight excluding hydrogens is 307 g/mol. The van der Waals surface area contributed by atoms with E-state index in [0.717, 1.165) is 24.1 Å². The fourth-order valence-electron chi connectivity index (χ4n) is 3.02. The second-order valence-corrected chi connectivity index (χ2v) is 5.97. The molecule has 0 radical (unpaired) electrons. The first-order valence-electron chi connectivity index (χ1n) is 7.98. The van der Waals surface area contributed by atoms with Gasteiger partial charge in [0.25, 0.3) is 0 Å². The summed E-state index contributed by atoms with van der Waals surface area (Å²) in [5, 5.41) is 2.82. The Morgan fingerprint density at radius 1 is 1.21 bits per heavy atom. The summed E-state index contributed by atoms with van der Waals surface area (Å²) >= 11 is 0. The van der Waals surface area contributed by atoms with Gasteiger partial charge in [-0.2, -0.15) is 0 Å².